The predicted molar refractivity (Wildman–Crippen MR) is 124 cm³/mol. The molecule has 8 nitrogen and oxygen atoms in total. The van der Waals surface area contributed by atoms with E-state index in [0.29, 0.717) is 5.56 Å². The first-order valence-electron chi connectivity index (χ1n) is 10.6. The van der Waals surface area contributed by atoms with Crippen LogP contribution in [0, 0.1) is 0 Å². The highest BCUT2D eigenvalue weighted by Gasteiger charge is 2.21. The minimum atomic E-state index is -3.61. The standard InChI is InChI=1S/C23H23N5O3S/c24-32(30,31)12-11-25-23(29)15-7-5-14(6-8-15)22-17-4-2-1-3-16(17)21-18-13-26-28-19(18)9-10-20(21)27-22/h5-10,13H,1-4,11-12H2,(H,25,29)(H,26,28)(H2,24,30,31). The molecule has 9 heteroatoms. The van der Waals surface area contributed by atoms with Crippen molar-refractivity contribution in [2.75, 3.05) is 12.3 Å². The number of benzene rings is 2. The molecule has 0 atom stereocenters. The van der Waals surface area contributed by atoms with Crippen LogP contribution in [0.25, 0.3) is 33.1 Å². The van der Waals surface area contributed by atoms with E-state index in [1.807, 2.05) is 30.5 Å². The van der Waals surface area contributed by atoms with E-state index in [1.54, 1.807) is 12.1 Å². The van der Waals surface area contributed by atoms with Crippen LogP contribution in [0.5, 0.6) is 0 Å². The Morgan fingerprint density at radius 2 is 1.81 bits per heavy atom. The van der Waals surface area contributed by atoms with Crippen LogP contribution < -0.4 is 10.5 Å². The topological polar surface area (TPSA) is 131 Å². The summed E-state index contributed by atoms with van der Waals surface area (Å²) in [6, 6.07) is 11.3. The molecule has 2 aromatic carbocycles. The maximum absolute atomic E-state index is 12.3. The van der Waals surface area contributed by atoms with Gasteiger partial charge in [0.15, 0.2) is 0 Å². The molecule has 1 amide bonds. The van der Waals surface area contributed by atoms with E-state index >= 15 is 0 Å². The molecule has 4 aromatic rings. The number of nitrogens with two attached hydrogens (primary N) is 1. The van der Waals surface area contributed by atoms with Gasteiger partial charge in [-0.15, -0.1) is 0 Å². The zero-order valence-corrected chi connectivity index (χ0v) is 18.2. The number of fused-ring (bicyclic) bond motifs is 5. The van der Waals surface area contributed by atoms with Crippen LogP contribution >= 0.6 is 0 Å². The minimum absolute atomic E-state index is 0.0262. The van der Waals surface area contributed by atoms with E-state index in [1.165, 1.54) is 16.5 Å². The minimum Gasteiger partial charge on any atom is -0.351 e. The van der Waals surface area contributed by atoms with Gasteiger partial charge in [0.1, 0.15) is 0 Å². The number of hydrogen-bond donors (Lipinski definition) is 3. The molecule has 0 saturated carbocycles. The second-order valence-electron chi connectivity index (χ2n) is 8.12. The molecule has 4 N–H and O–H groups in total. The van der Waals surface area contributed by atoms with Crippen LogP contribution in [0.3, 0.4) is 0 Å². The number of amides is 1. The fourth-order valence-electron chi connectivity index (χ4n) is 4.47. The van der Waals surface area contributed by atoms with Crippen molar-refractivity contribution in [2.45, 2.75) is 25.7 Å². The van der Waals surface area contributed by atoms with Gasteiger partial charge in [-0.3, -0.25) is 9.89 Å². The summed E-state index contributed by atoms with van der Waals surface area (Å²) in [7, 11) is -3.61. The summed E-state index contributed by atoms with van der Waals surface area (Å²) in [5.41, 5.74) is 6.93. The first-order valence-corrected chi connectivity index (χ1v) is 12.3. The van der Waals surface area contributed by atoms with Crippen molar-refractivity contribution in [3.63, 3.8) is 0 Å². The van der Waals surface area contributed by atoms with Crippen LogP contribution in [-0.4, -0.2) is 41.8 Å². The molecule has 0 fully saturated rings. The molecule has 0 unspecified atom stereocenters. The van der Waals surface area contributed by atoms with Crippen LogP contribution in [0.1, 0.15) is 34.3 Å². The molecule has 2 heterocycles. The maximum atomic E-state index is 12.3. The fraction of sp³-hybridized carbons (Fsp3) is 0.261. The summed E-state index contributed by atoms with van der Waals surface area (Å²) in [6.07, 6.45) is 6.13. The molecule has 1 aliphatic carbocycles. The number of nitrogens with one attached hydrogen (secondary N) is 2. The summed E-state index contributed by atoms with van der Waals surface area (Å²) in [5.74, 6) is -0.635. The quantitative estimate of drug-likeness (QED) is 0.431. The molecule has 1 aliphatic rings. The average Bonchev–Trinajstić information content (AvgIpc) is 3.26. The SMILES string of the molecule is NS(=O)(=O)CCNC(=O)c1ccc(-c2nc3ccc4[nH]ncc4c3c3c2CCCC3)cc1. The third kappa shape index (κ3) is 3.85. The summed E-state index contributed by atoms with van der Waals surface area (Å²) >= 11 is 0. The van der Waals surface area contributed by atoms with Gasteiger partial charge in [0, 0.05) is 28.4 Å². The van der Waals surface area contributed by atoms with Gasteiger partial charge < -0.3 is 5.32 Å². The number of pyridine rings is 1. The molecule has 2 aromatic heterocycles. The van der Waals surface area contributed by atoms with Gasteiger partial charge in [-0.25, -0.2) is 18.5 Å². The van der Waals surface area contributed by atoms with Gasteiger partial charge in [-0.05, 0) is 61.1 Å². The molecule has 5 rings (SSSR count). The zero-order chi connectivity index (χ0) is 22.3. The zero-order valence-electron chi connectivity index (χ0n) is 17.4. The lowest BCUT2D eigenvalue weighted by molar-refractivity contribution is 0.0956. The molecule has 32 heavy (non-hydrogen) atoms. The predicted octanol–water partition coefficient (Wildman–Crippen LogP) is 2.68. The van der Waals surface area contributed by atoms with E-state index in [0.717, 1.165) is 53.4 Å². The van der Waals surface area contributed by atoms with Gasteiger partial charge in [0.25, 0.3) is 5.91 Å². The van der Waals surface area contributed by atoms with Crippen molar-refractivity contribution >= 4 is 37.7 Å². The summed E-state index contributed by atoms with van der Waals surface area (Å²) in [5, 5.41) is 17.1. The second kappa shape index (κ2) is 7.99. The molecule has 0 spiro atoms. The van der Waals surface area contributed by atoms with Crippen molar-refractivity contribution in [3.8, 4) is 11.3 Å². The Balaban J connectivity index is 1.51. The number of carbonyl (C=O) groups is 1. The third-order valence-electron chi connectivity index (χ3n) is 5.98. The Morgan fingerprint density at radius 1 is 1.06 bits per heavy atom. The molecule has 0 aliphatic heterocycles. The maximum Gasteiger partial charge on any atom is 0.251 e. The van der Waals surface area contributed by atoms with Crippen molar-refractivity contribution in [1.82, 2.24) is 20.5 Å². The van der Waals surface area contributed by atoms with Gasteiger partial charge in [0.2, 0.25) is 10.0 Å². The third-order valence-corrected chi connectivity index (χ3v) is 6.76. The second-order valence-corrected chi connectivity index (χ2v) is 9.85. The Bertz CT molecular complexity index is 1440. The Hall–Kier alpha value is -3.30. The van der Waals surface area contributed by atoms with Crippen molar-refractivity contribution in [2.24, 2.45) is 5.14 Å². The number of nitrogens with zero attached hydrogens (tertiary/aromatic N) is 2. The van der Waals surface area contributed by atoms with Crippen molar-refractivity contribution < 1.29 is 13.2 Å². The first kappa shape index (κ1) is 20.6. The van der Waals surface area contributed by atoms with Gasteiger partial charge in [-0.1, -0.05) is 12.1 Å². The van der Waals surface area contributed by atoms with E-state index in [4.69, 9.17) is 10.1 Å². The number of primary sulfonamides is 1. The number of H-pyrrole nitrogens is 1. The number of carbonyl (C=O) groups excluding carboxylic acids is 1. The molecule has 164 valence electrons. The Kier molecular flexibility index (Phi) is 5.15. The largest absolute Gasteiger partial charge is 0.351 e. The van der Waals surface area contributed by atoms with Gasteiger partial charge >= 0.3 is 0 Å². The number of rotatable bonds is 5. The highest BCUT2D eigenvalue weighted by atomic mass is 32.2. The smallest absolute Gasteiger partial charge is 0.251 e. The van der Waals surface area contributed by atoms with E-state index in [9.17, 15) is 13.2 Å². The number of sulfonamides is 1. The fourth-order valence-corrected chi connectivity index (χ4v) is 4.86. The number of aromatic nitrogens is 3. The van der Waals surface area contributed by atoms with E-state index < -0.39 is 10.0 Å². The Morgan fingerprint density at radius 3 is 2.56 bits per heavy atom. The van der Waals surface area contributed by atoms with Gasteiger partial charge in [-0.2, -0.15) is 5.10 Å². The van der Waals surface area contributed by atoms with Crippen molar-refractivity contribution in [3.05, 3.63) is 59.3 Å². The van der Waals surface area contributed by atoms with Crippen LogP contribution in [0.2, 0.25) is 0 Å². The van der Waals surface area contributed by atoms with E-state index in [2.05, 4.69) is 15.5 Å². The monoisotopic (exact) mass is 449 g/mol. The highest BCUT2D eigenvalue weighted by Crippen LogP contribution is 2.37. The molecule has 0 radical (unpaired) electrons. The molecular formula is C23H23N5O3S. The lowest BCUT2D eigenvalue weighted by Gasteiger charge is -2.22. The number of aryl methyl sites for hydroxylation is 1. The number of hydrogen-bond acceptors (Lipinski definition) is 5. The summed E-state index contributed by atoms with van der Waals surface area (Å²) in [4.78, 5) is 17.3. The van der Waals surface area contributed by atoms with Crippen LogP contribution in [0.4, 0.5) is 0 Å². The normalized spacial score (nSPS) is 13.9. The van der Waals surface area contributed by atoms with Crippen molar-refractivity contribution in [1.29, 1.82) is 0 Å². The molecule has 0 saturated heterocycles. The summed E-state index contributed by atoms with van der Waals surface area (Å²) < 4.78 is 22.1. The lowest BCUT2D eigenvalue weighted by Crippen LogP contribution is -2.31. The number of aromatic amines is 1. The molecule has 0 bridgehead atoms. The average molecular weight is 450 g/mol. The van der Waals surface area contributed by atoms with Gasteiger partial charge in [0.05, 0.1) is 28.7 Å². The van der Waals surface area contributed by atoms with Crippen LogP contribution in [0.15, 0.2) is 42.6 Å². The summed E-state index contributed by atoms with van der Waals surface area (Å²) in [6.45, 7) is -0.0262. The Labute approximate surface area is 185 Å². The highest BCUT2D eigenvalue weighted by molar-refractivity contribution is 7.89. The lowest BCUT2D eigenvalue weighted by atomic mass is 9.85. The first-order chi connectivity index (χ1) is 15.4. The van der Waals surface area contributed by atoms with Crippen LogP contribution in [-0.2, 0) is 22.9 Å². The molecular weight excluding hydrogens is 426 g/mol. The van der Waals surface area contributed by atoms with E-state index in [-0.39, 0.29) is 18.2 Å².